The second kappa shape index (κ2) is 8.12. The van der Waals surface area contributed by atoms with Crippen LogP contribution in [-0.2, 0) is 6.54 Å². The molecule has 0 radical (unpaired) electrons. The molecule has 2 heterocycles. The van der Waals surface area contributed by atoms with Gasteiger partial charge in [0.1, 0.15) is 17.0 Å². The molecule has 32 heavy (non-hydrogen) atoms. The van der Waals surface area contributed by atoms with Crippen LogP contribution in [0.2, 0.25) is 0 Å². The summed E-state index contributed by atoms with van der Waals surface area (Å²) in [5.41, 5.74) is 5.33. The molecule has 3 aromatic carbocycles. The summed E-state index contributed by atoms with van der Waals surface area (Å²) in [5, 5.41) is 11.0. The summed E-state index contributed by atoms with van der Waals surface area (Å²) in [6, 6.07) is 22.9. The molecule has 2 aromatic heterocycles. The Kier molecular flexibility index (Phi) is 5.00. The van der Waals surface area contributed by atoms with E-state index in [1.807, 2.05) is 79.7 Å². The highest BCUT2D eigenvalue weighted by Crippen LogP contribution is 2.26. The molecule has 0 aliphatic heterocycles. The lowest BCUT2D eigenvalue weighted by atomic mass is 10.1. The van der Waals surface area contributed by atoms with Gasteiger partial charge in [-0.2, -0.15) is 0 Å². The maximum absolute atomic E-state index is 13.4. The second-order valence-electron chi connectivity index (χ2n) is 7.76. The Morgan fingerprint density at radius 3 is 2.59 bits per heavy atom. The molecule has 0 atom stereocenters. The largest absolute Gasteiger partial charge is 0.506 e. The summed E-state index contributed by atoms with van der Waals surface area (Å²) in [7, 11) is 0. The van der Waals surface area contributed by atoms with E-state index in [0.717, 1.165) is 27.5 Å². The van der Waals surface area contributed by atoms with Gasteiger partial charge in [-0.15, -0.1) is 0 Å². The lowest BCUT2D eigenvalue weighted by Gasteiger charge is -2.13. The van der Waals surface area contributed by atoms with Gasteiger partial charge in [-0.25, -0.2) is 4.98 Å². The van der Waals surface area contributed by atoms with E-state index in [-0.39, 0.29) is 11.3 Å². The van der Waals surface area contributed by atoms with E-state index in [1.54, 1.807) is 22.9 Å². The third kappa shape index (κ3) is 3.65. The number of hydrogen-bond donors (Lipinski definition) is 1. The Morgan fingerprint density at radius 1 is 0.938 bits per heavy atom. The number of phenols is 1. The lowest BCUT2D eigenvalue weighted by Crippen LogP contribution is -2.24. The van der Waals surface area contributed by atoms with Gasteiger partial charge in [0.2, 0.25) is 0 Å². The minimum absolute atomic E-state index is 0.123. The molecule has 0 saturated heterocycles. The van der Waals surface area contributed by atoms with Crippen LogP contribution in [0.15, 0.2) is 83.8 Å². The van der Waals surface area contributed by atoms with Gasteiger partial charge >= 0.3 is 0 Å². The van der Waals surface area contributed by atoms with Crippen molar-refractivity contribution in [1.29, 1.82) is 0 Å². The van der Waals surface area contributed by atoms with Crippen molar-refractivity contribution in [1.82, 2.24) is 14.5 Å². The number of phenolic OH excluding ortho intramolecular Hbond substituents is 1. The van der Waals surface area contributed by atoms with Gasteiger partial charge in [-0.05, 0) is 48.4 Å². The Hall–Kier alpha value is -4.25. The third-order valence-corrected chi connectivity index (χ3v) is 5.56. The fraction of sp³-hybridized carbons (Fsp3) is 0.0741. The number of hydrogen-bond acceptors (Lipinski definition) is 4. The first kappa shape index (κ1) is 19.7. The molecule has 5 rings (SSSR count). The average molecular weight is 419 g/mol. The predicted octanol–water partition coefficient (Wildman–Crippen LogP) is 5.18. The summed E-state index contributed by atoms with van der Waals surface area (Å²) in [6.07, 6.45) is 5.32. The molecular formula is C27H21N3O2. The zero-order chi connectivity index (χ0) is 22.1. The van der Waals surface area contributed by atoms with Gasteiger partial charge in [-0.1, -0.05) is 60.2 Å². The molecule has 156 valence electrons. The van der Waals surface area contributed by atoms with Crippen LogP contribution in [0.25, 0.3) is 34.1 Å². The Labute approximate surface area is 185 Å². The van der Waals surface area contributed by atoms with Crippen molar-refractivity contribution < 1.29 is 5.11 Å². The van der Waals surface area contributed by atoms with Crippen LogP contribution in [0.5, 0.6) is 5.75 Å². The van der Waals surface area contributed by atoms with Crippen LogP contribution in [0.3, 0.4) is 0 Å². The van der Waals surface area contributed by atoms with Gasteiger partial charge in [-0.3, -0.25) is 9.78 Å². The van der Waals surface area contributed by atoms with E-state index in [9.17, 15) is 9.90 Å². The number of benzene rings is 3. The van der Waals surface area contributed by atoms with Gasteiger partial charge < -0.3 is 9.67 Å². The Morgan fingerprint density at radius 2 is 1.75 bits per heavy atom. The summed E-state index contributed by atoms with van der Waals surface area (Å²) in [6.45, 7) is 2.38. The van der Waals surface area contributed by atoms with Crippen molar-refractivity contribution in [3.05, 3.63) is 112 Å². The molecule has 1 N–H and O–H groups in total. The molecule has 0 aliphatic rings. The number of pyridine rings is 1. The fourth-order valence-corrected chi connectivity index (χ4v) is 3.86. The summed E-state index contributed by atoms with van der Waals surface area (Å²) in [4.78, 5) is 22.4. The number of para-hydroxylation sites is 2. The van der Waals surface area contributed by atoms with Crippen molar-refractivity contribution in [2.45, 2.75) is 13.5 Å². The third-order valence-electron chi connectivity index (χ3n) is 5.56. The maximum Gasteiger partial charge on any atom is 0.277 e. The monoisotopic (exact) mass is 419 g/mol. The van der Waals surface area contributed by atoms with Gasteiger partial charge in [0, 0.05) is 11.6 Å². The first-order chi connectivity index (χ1) is 15.6. The van der Waals surface area contributed by atoms with Gasteiger partial charge in [0.25, 0.3) is 5.56 Å². The topological polar surface area (TPSA) is 68.0 Å². The molecule has 0 saturated carbocycles. The summed E-state index contributed by atoms with van der Waals surface area (Å²) < 4.78 is 1.73. The number of aryl methyl sites for hydroxylation is 1. The Bertz CT molecular complexity index is 1530. The van der Waals surface area contributed by atoms with Crippen LogP contribution in [0.1, 0.15) is 22.4 Å². The molecule has 0 amide bonds. The molecule has 5 heteroatoms. The zero-order valence-corrected chi connectivity index (χ0v) is 17.6. The fourth-order valence-electron chi connectivity index (χ4n) is 3.86. The summed E-state index contributed by atoms with van der Waals surface area (Å²) >= 11 is 0. The molecular weight excluding hydrogens is 398 g/mol. The van der Waals surface area contributed by atoms with Crippen LogP contribution >= 0.6 is 0 Å². The van der Waals surface area contributed by atoms with E-state index in [1.165, 1.54) is 5.56 Å². The van der Waals surface area contributed by atoms with E-state index < -0.39 is 0 Å². The maximum atomic E-state index is 13.4. The van der Waals surface area contributed by atoms with Crippen molar-refractivity contribution in [3.8, 4) is 5.75 Å². The van der Waals surface area contributed by atoms with E-state index in [2.05, 4.69) is 9.97 Å². The van der Waals surface area contributed by atoms with Crippen LogP contribution < -0.4 is 5.56 Å². The van der Waals surface area contributed by atoms with Gasteiger partial charge in [0.05, 0.1) is 17.6 Å². The van der Waals surface area contributed by atoms with E-state index >= 15 is 0 Å². The van der Waals surface area contributed by atoms with Crippen molar-refractivity contribution >= 4 is 34.1 Å². The minimum Gasteiger partial charge on any atom is -0.506 e. The van der Waals surface area contributed by atoms with Crippen LogP contribution in [0.4, 0.5) is 0 Å². The second-order valence-corrected chi connectivity index (χ2v) is 7.76. The molecule has 0 bridgehead atoms. The standard InChI is InChI=1S/C27H21N3O2/c1-18-8-10-19(11-9-18)12-14-23-27(32)30(24-7-3-2-6-22(24)29-23)17-20-13-15-25(31)26-21(20)5-4-16-28-26/h2-16,31H,17H2,1H3. The number of nitrogens with zero attached hydrogens (tertiary/aromatic N) is 3. The van der Waals surface area contributed by atoms with Crippen molar-refractivity contribution in [3.63, 3.8) is 0 Å². The lowest BCUT2D eigenvalue weighted by molar-refractivity contribution is 0.480. The smallest absolute Gasteiger partial charge is 0.277 e. The molecule has 0 fully saturated rings. The number of aromatic hydroxyl groups is 1. The molecule has 0 spiro atoms. The van der Waals surface area contributed by atoms with Crippen LogP contribution in [0, 0.1) is 6.92 Å². The number of fused-ring (bicyclic) bond motifs is 2. The van der Waals surface area contributed by atoms with E-state index in [4.69, 9.17) is 0 Å². The first-order valence-corrected chi connectivity index (χ1v) is 10.4. The highest BCUT2D eigenvalue weighted by molar-refractivity contribution is 5.87. The zero-order valence-electron chi connectivity index (χ0n) is 17.6. The molecule has 0 aliphatic carbocycles. The minimum atomic E-state index is -0.169. The van der Waals surface area contributed by atoms with Crippen LogP contribution in [-0.4, -0.2) is 19.6 Å². The predicted molar refractivity (Wildman–Crippen MR) is 129 cm³/mol. The number of rotatable bonds is 4. The molecule has 0 unspecified atom stereocenters. The highest BCUT2D eigenvalue weighted by atomic mass is 16.3. The first-order valence-electron chi connectivity index (χ1n) is 10.4. The molecule has 5 aromatic rings. The number of aromatic nitrogens is 3. The quantitative estimate of drug-likeness (QED) is 0.436. The summed E-state index contributed by atoms with van der Waals surface area (Å²) in [5.74, 6) is 0.123. The van der Waals surface area contributed by atoms with E-state index in [0.29, 0.717) is 17.8 Å². The van der Waals surface area contributed by atoms with Crippen molar-refractivity contribution in [2.24, 2.45) is 0 Å². The highest BCUT2D eigenvalue weighted by Gasteiger charge is 2.12. The SMILES string of the molecule is Cc1ccc(C=Cc2nc3ccccc3n(Cc3ccc(O)c4ncccc34)c2=O)cc1. The average Bonchev–Trinajstić information content (AvgIpc) is 2.82. The van der Waals surface area contributed by atoms with Crippen molar-refractivity contribution in [2.75, 3.05) is 0 Å². The molecule has 5 nitrogen and oxygen atoms in total. The van der Waals surface area contributed by atoms with Gasteiger partial charge in [0.15, 0.2) is 0 Å². The Balaban J connectivity index is 1.65. The normalized spacial score (nSPS) is 11.5.